The van der Waals surface area contributed by atoms with Gasteiger partial charge in [0, 0.05) is 31.9 Å². The molecular formula is C22H27N3O4. The van der Waals surface area contributed by atoms with Crippen LogP contribution in [0.1, 0.15) is 11.1 Å². The first-order valence-corrected chi connectivity index (χ1v) is 9.62. The van der Waals surface area contributed by atoms with Crippen LogP contribution in [0.2, 0.25) is 0 Å². The summed E-state index contributed by atoms with van der Waals surface area (Å²) in [5, 5.41) is 2.87. The monoisotopic (exact) mass is 397 g/mol. The zero-order valence-electron chi connectivity index (χ0n) is 17.1. The second-order valence-corrected chi connectivity index (χ2v) is 7.10. The number of aryl methyl sites for hydroxylation is 2. The maximum absolute atomic E-state index is 12.4. The maximum Gasteiger partial charge on any atom is 0.262 e. The second-order valence-electron chi connectivity index (χ2n) is 7.10. The van der Waals surface area contributed by atoms with Crippen molar-refractivity contribution in [2.45, 2.75) is 13.8 Å². The average molecular weight is 397 g/mol. The van der Waals surface area contributed by atoms with Crippen LogP contribution in [-0.4, -0.2) is 57.1 Å². The van der Waals surface area contributed by atoms with E-state index >= 15 is 0 Å². The van der Waals surface area contributed by atoms with Crippen molar-refractivity contribution in [2.75, 3.05) is 50.1 Å². The number of carbonyl (C=O) groups excluding carboxylic acids is 2. The first-order valence-electron chi connectivity index (χ1n) is 9.62. The summed E-state index contributed by atoms with van der Waals surface area (Å²) in [5.74, 6) is 0.987. The maximum atomic E-state index is 12.4. The fraction of sp³-hybridized carbons (Fsp3) is 0.364. The fourth-order valence-corrected chi connectivity index (χ4v) is 3.21. The summed E-state index contributed by atoms with van der Waals surface area (Å²) in [6, 6.07) is 11.4. The van der Waals surface area contributed by atoms with Crippen LogP contribution in [0, 0.1) is 13.8 Å². The van der Waals surface area contributed by atoms with Crippen LogP contribution in [0.5, 0.6) is 11.5 Å². The molecule has 7 heteroatoms. The molecule has 154 valence electrons. The highest BCUT2D eigenvalue weighted by Gasteiger charge is 2.18. The molecule has 0 atom stereocenters. The molecule has 2 aromatic carbocycles. The number of benzene rings is 2. The number of rotatable bonds is 7. The highest BCUT2D eigenvalue weighted by atomic mass is 16.5. The zero-order chi connectivity index (χ0) is 20.8. The fourth-order valence-electron chi connectivity index (χ4n) is 3.21. The molecule has 7 nitrogen and oxygen atoms in total. The molecule has 2 aromatic rings. The molecule has 0 aliphatic carbocycles. The molecule has 0 radical (unpaired) electrons. The minimum absolute atomic E-state index is 0.0894. The smallest absolute Gasteiger partial charge is 0.262 e. The third-order valence-electron chi connectivity index (χ3n) is 5.13. The van der Waals surface area contributed by atoms with Crippen molar-refractivity contribution in [3.05, 3.63) is 47.5 Å². The lowest BCUT2D eigenvalue weighted by molar-refractivity contribution is -0.119. The summed E-state index contributed by atoms with van der Waals surface area (Å²) in [7, 11) is 1.57. The van der Waals surface area contributed by atoms with E-state index in [0.717, 1.165) is 30.8 Å². The molecule has 29 heavy (non-hydrogen) atoms. The van der Waals surface area contributed by atoms with Gasteiger partial charge in [0.25, 0.3) is 5.91 Å². The van der Waals surface area contributed by atoms with Crippen LogP contribution < -0.4 is 19.7 Å². The number of amides is 2. The van der Waals surface area contributed by atoms with E-state index in [1.54, 1.807) is 12.0 Å². The summed E-state index contributed by atoms with van der Waals surface area (Å²) in [6.45, 7) is 6.80. The van der Waals surface area contributed by atoms with Gasteiger partial charge in [-0.1, -0.05) is 6.07 Å². The predicted molar refractivity (Wildman–Crippen MR) is 113 cm³/mol. The van der Waals surface area contributed by atoms with Crippen molar-refractivity contribution < 1.29 is 19.1 Å². The van der Waals surface area contributed by atoms with Gasteiger partial charge < -0.3 is 24.6 Å². The number of ether oxygens (including phenoxy) is 2. The summed E-state index contributed by atoms with van der Waals surface area (Å²) in [5.41, 5.74) is 3.86. The number of hydrogen-bond acceptors (Lipinski definition) is 5. The topological polar surface area (TPSA) is 71.1 Å². The molecule has 3 rings (SSSR count). The van der Waals surface area contributed by atoms with Crippen LogP contribution >= 0.6 is 0 Å². The van der Waals surface area contributed by atoms with Crippen molar-refractivity contribution in [1.29, 1.82) is 0 Å². The summed E-state index contributed by atoms with van der Waals surface area (Å²) < 4.78 is 11.0. The Labute approximate surface area is 171 Å². The highest BCUT2D eigenvalue weighted by Crippen LogP contribution is 2.30. The summed E-state index contributed by atoms with van der Waals surface area (Å²) >= 11 is 0. The van der Waals surface area contributed by atoms with Gasteiger partial charge in [-0.3, -0.25) is 9.59 Å². The number of methoxy groups -OCH3 is 1. The second kappa shape index (κ2) is 9.32. The van der Waals surface area contributed by atoms with Crippen LogP contribution in [0.4, 0.5) is 11.4 Å². The first-order chi connectivity index (χ1) is 14.0. The molecule has 2 amide bonds. The molecule has 0 bridgehead atoms. The molecule has 0 unspecified atom stereocenters. The number of piperazine rings is 1. The average Bonchev–Trinajstić information content (AvgIpc) is 2.74. The third-order valence-corrected chi connectivity index (χ3v) is 5.13. The lowest BCUT2D eigenvalue weighted by Crippen LogP contribution is -2.45. The van der Waals surface area contributed by atoms with Crippen molar-refractivity contribution in [3.63, 3.8) is 0 Å². The molecule has 1 aliphatic heterocycles. The Morgan fingerprint density at radius 1 is 1.07 bits per heavy atom. The number of nitrogens with zero attached hydrogens (tertiary/aromatic N) is 2. The van der Waals surface area contributed by atoms with Crippen molar-refractivity contribution in [2.24, 2.45) is 0 Å². The molecule has 1 heterocycles. The Morgan fingerprint density at radius 3 is 2.48 bits per heavy atom. The van der Waals surface area contributed by atoms with Gasteiger partial charge in [-0.05, 0) is 55.3 Å². The molecule has 0 saturated carbocycles. The lowest BCUT2D eigenvalue weighted by atomic mass is 10.1. The largest absolute Gasteiger partial charge is 0.495 e. The minimum atomic E-state index is -0.260. The molecule has 1 aliphatic rings. The summed E-state index contributed by atoms with van der Waals surface area (Å²) in [6.07, 6.45) is 0.882. The molecule has 1 fully saturated rings. The van der Waals surface area contributed by atoms with Gasteiger partial charge in [0.15, 0.2) is 6.61 Å². The molecule has 1 saturated heterocycles. The van der Waals surface area contributed by atoms with Crippen molar-refractivity contribution in [3.8, 4) is 11.5 Å². The van der Waals surface area contributed by atoms with Crippen LogP contribution in [0.3, 0.4) is 0 Å². The van der Waals surface area contributed by atoms with E-state index < -0.39 is 0 Å². The minimum Gasteiger partial charge on any atom is -0.495 e. The Kier molecular flexibility index (Phi) is 6.59. The van der Waals surface area contributed by atoms with Gasteiger partial charge in [0.2, 0.25) is 6.41 Å². The van der Waals surface area contributed by atoms with E-state index in [2.05, 4.69) is 10.2 Å². The van der Waals surface area contributed by atoms with Gasteiger partial charge in [0.1, 0.15) is 11.5 Å². The van der Waals surface area contributed by atoms with E-state index in [-0.39, 0.29) is 12.5 Å². The number of nitrogens with one attached hydrogen (secondary N) is 1. The Hall–Kier alpha value is -3.22. The van der Waals surface area contributed by atoms with Crippen LogP contribution in [-0.2, 0) is 9.59 Å². The predicted octanol–water partition coefficient (Wildman–Crippen LogP) is 2.61. The van der Waals surface area contributed by atoms with Crippen molar-refractivity contribution >= 4 is 23.7 Å². The van der Waals surface area contributed by atoms with Gasteiger partial charge >= 0.3 is 0 Å². The first kappa shape index (κ1) is 20.5. The third kappa shape index (κ3) is 5.19. The zero-order valence-corrected chi connectivity index (χ0v) is 17.1. The number of anilines is 2. The Bertz CT molecular complexity index is 876. The van der Waals surface area contributed by atoms with Gasteiger partial charge in [-0.15, -0.1) is 0 Å². The SMILES string of the molecule is COc1ccc(N2CCN(C=O)CC2)cc1NC(=O)COc1ccc(C)c(C)c1. The van der Waals surface area contributed by atoms with E-state index in [0.29, 0.717) is 30.3 Å². The molecular weight excluding hydrogens is 370 g/mol. The van der Waals surface area contributed by atoms with E-state index in [9.17, 15) is 9.59 Å². The van der Waals surface area contributed by atoms with Gasteiger partial charge in [0.05, 0.1) is 12.8 Å². The molecule has 1 N–H and O–H groups in total. The van der Waals surface area contributed by atoms with Crippen LogP contribution in [0.25, 0.3) is 0 Å². The summed E-state index contributed by atoms with van der Waals surface area (Å²) in [4.78, 5) is 27.3. The molecule has 0 aromatic heterocycles. The van der Waals surface area contributed by atoms with E-state index in [1.807, 2.05) is 50.2 Å². The Morgan fingerprint density at radius 2 is 1.83 bits per heavy atom. The molecule has 0 spiro atoms. The van der Waals surface area contributed by atoms with Gasteiger partial charge in [-0.2, -0.15) is 0 Å². The quantitative estimate of drug-likeness (QED) is 0.728. The Balaban J connectivity index is 1.64. The van der Waals surface area contributed by atoms with Crippen molar-refractivity contribution in [1.82, 2.24) is 4.90 Å². The highest BCUT2D eigenvalue weighted by molar-refractivity contribution is 5.94. The normalized spacial score (nSPS) is 13.8. The van der Waals surface area contributed by atoms with Crippen LogP contribution in [0.15, 0.2) is 36.4 Å². The number of carbonyl (C=O) groups is 2. The van der Waals surface area contributed by atoms with Gasteiger partial charge in [-0.25, -0.2) is 0 Å². The lowest BCUT2D eigenvalue weighted by Gasteiger charge is -2.34. The van der Waals surface area contributed by atoms with E-state index in [1.165, 1.54) is 5.56 Å². The standard InChI is InChI=1S/C22H27N3O4/c1-16-4-6-19(12-17(16)2)29-14-22(27)23-20-13-18(5-7-21(20)28-3)25-10-8-24(15-26)9-11-25/h4-7,12-13,15H,8-11,14H2,1-3H3,(H,23,27). The number of hydrogen-bond donors (Lipinski definition) is 1. The van der Waals surface area contributed by atoms with E-state index in [4.69, 9.17) is 9.47 Å².